The van der Waals surface area contributed by atoms with Gasteiger partial charge in [0.15, 0.2) is 5.82 Å². The Morgan fingerprint density at radius 1 is 1.03 bits per heavy atom. The normalized spacial score (nSPS) is 10.6. The van der Waals surface area contributed by atoms with E-state index in [0.29, 0.717) is 0 Å². The van der Waals surface area contributed by atoms with Crippen LogP contribution in [0.25, 0.3) is 0 Å². The molecule has 1 aromatic heterocycles. The molecule has 8 nitrogen and oxygen atoms in total. The summed E-state index contributed by atoms with van der Waals surface area (Å²) in [4.78, 5) is 6.81. The van der Waals surface area contributed by atoms with Gasteiger partial charge in [-0.2, -0.15) is 10.5 Å². The highest BCUT2D eigenvalue weighted by Gasteiger charge is 2.18. The standard InChI is InChI=1S/C18H9ClFN5O3S/c19-16-6-14(2-1-11(16)7-21)28-17-4-3-15(5-12(17)8-22)29(26,27)25-18-23-9-13(20)10-24-18/h1-6,9-10H,(H,23,24,25). The van der Waals surface area contributed by atoms with Crippen molar-refractivity contribution in [2.75, 3.05) is 4.72 Å². The molecule has 1 N–H and O–H groups in total. The Labute approximate surface area is 169 Å². The van der Waals surface area contributed by atoms with E-state index in [1.807, 2.05) is 12.1 Å². The summed E-state index contributed by atoms with van der Waals surface area (Å²) in [5, 5.41) is 18.4. The molecular formula is C18H9ClFN5O3S. The number of halogens is 2. The van der Waals surface area contributed by atoms with Crippen molar-refractivity contribution in [3.63, 3.8) is 0 Å². The van der Waals surface area contributed by atoms with Gasteiger partial charge >= 0.3 is 0 Å². The van der Waals surface area contributed by atoms with E-state index in [2.05, 4.69) is 14.7 Å². The Bertz CT molecular complexity index is 1270. The highest BCUT2D eigenvalue weighted by Crippen LogP contribution is 2.30. The Morgan fingerprint density at radius 3 is 2.34 bits per heavy atom. The summed E-state index contributed by atoms with van der Waals surface area (Å²) in [6, 6.07) is 11.7. The van der Waals surface area contributed by atoms with E-state index in [4.69, 9.17) is 21.6 Å². The van der Waals surface area contributed by atoms with E-state index in [0.717, 1.165) is 18.5 Å². The van der Waals surface area contributed by atoms with Crippen molar-refractivity contribution in [1.29, 1.82) is 10.5 Å². The molecule has 0 aliphatic heterocycles. The molecule has 29 heavy (non-hydrogen) atoms. The number of nitriles is 2. The number of rotatable bonds is 5. The first-order valence-electron chi connectivity index (χ1n) is 7.74. The number of sulfonamides is 1. The van der Waals surface area contributed by atoms with E-state index in [1.54, 1.807) is 0 Å². The molecule has 0 amide bonds. The van der Waals surface area contributed by atoms with Crippen LogP contribution in [-0.2, 0) is 10.0 Å². The molecule has 0 aliphatic carbocycles. The first-order chi connectivity index (χ1) is 13.8. The minimum Gasteiger partial charge on any atom is -0.456 e. The summed E-state index contributed by atoms with van der Waals surface area (Å²) in [6.45, 7) is 0. The second-order valence-corrected chi connectivity index (χ2v) is 7.55. The summed E-state index contributed by atoms with van der Waals surface area (Å²) in [6.07, 6.45) is 1.62. The molecule has 3 rings (SSSR count). The second kappa shape index (κ2) is 8.10. The van der Waals surface area contributed by atoms with Crippen LogP contribution in [0.4, 0.5) is 10.3 Å². The molecule has 0 fully saturated rings. The third-order valence-electron chi connectivity index (χ3n) is 3.52. The van der Waals surface area contributed by atoms with Crippen LogP contribution < -0.4 is 9.46 Å². The van der Waals surface area contributed by atoms with Crippen molar-refractivity contribution in [2.24, 2.45) is 0 Å². The first kappa shape index (κ1) is 20.0. The lowest BCUT2D eigenvalue weighted by molar-refractivity contribution is 0.480. The molecule has 3 aromatic rings. The third kappa shape index (κ3) is 4.58. The summed E-state index contributed by atoms with van der Waals surface area (Å²) in [5.74, 6) is -0.689. The Kier molecular flexibility index (Phi) is 5.59. The van der Waals surface area contributed by atoms with Gasteiger partial charge in [-0.25, -0.2) is 27.5 Å². The molecule has 1 heterocycles. The monoisotopic (exact) mass is 429 g/mol. The number of benzene rings is 2. The van der Waals surface area contributed by atoms with Crippen LogP contribution in [0, 0.1) is 28.5 Å². The largest absolute Gasteiger partial charge is 0.456 e. The van der Waals surface area contributed by atoms with E-state index < -0.39 is 15.8 Å². The maximum atomic E-state index is 12.9. The predicted octanol–water partition coefficient (Wildman–Crippen LogP) is 3.61. The number of hydrogen-bond acceptors (Lipinski definition) is 7. The van der Waals surface area contributed by atoms with Crippen molar-refractivity contribution >= 4 is 27.6 Å². The summed E-state index contributed by atoms with van der Waals surface area (Å²) in [7, 11) is -4.13. The SMILES string of the molecule is N#Cc1ccc(Oc2ccc(S(=O)(=O)Nc3ncc(F)cn3)cc2C#N)cc1Cl. The van der Waals surface area contributed by atoms with Crippen molar-refractivity contribution in [3.05, 3.63) is 70.8 Å². The third-order valence-corrected chi connectivity index (χ3v) is 5.16. The van der Waals surface area contributed by atoms with E-state index >= 15 is 0 Å². The number of hydrogen-bond donors (Lipinski definition) is 1. The van der Waals surface area contributed by atoms with Gasteiger partial charge in [-0.05, 0) is 30.3 Å². The van der Waals surface area contributed by atoms with Crippen LogP contribution in [0.5, 0.6) is 11.5 Å². The fraction of sp³-hybridized carbons (Fsp3) is 0. The van der Waals surface area contributed by atoms with Gasteiger partial charge in [0, 0.05) is 6.07 Å². The van der Waals surface area contributed by atoms with Gasteiger partial charge in [0.25, 0.3) is 10.0 Å². The predicted molar refractivity (Wildman–Crippen MR) is 100 cm³/mol. The van der Waals surface area contributed by atoms with E-state index in [-0.39, 0.29) is 38.5 Å². The molecule has 0 saturated heterocycles. The minimum atomic E-state index is -4.13. The maximum absolute atomic E-state index is 12.9. The average Bonchev–Trinajstić information content (AvgIpc) is 2.70. The zero-order chi connectivity index (χ0) is 21.0. The minimum absolute atomic E-state index is 0.0617. The van der Waals surface area contributed by atoms with Crippen molar-refractivity contribution in [1.82, 2.24) is 9.97 Å². The van der Waals surface area contributed by atoms with Gasteiger partial charge in [-0.1, -0.05) is 11.6 Å². The fourth-order valence-electron chi connectivity index (χ4n) is 2.17. The number of aromatic nitrogens is 2. The number of nitrogens with one attached hydrogen (secondary N) is 1. The average molecular weight is 430 g/mol. The zero-order valence-electron chi connectivity index (χ0n) is 14.3. The fourth-order valence-corrected chi connectivity index (χ4v) is 3.37. The Balaban J connectivity index is 1.88. The molecule has 0 spiro atoms. The number of ether oxygens (including phenoxy) is 1. The van der Waals surface area contributed by atoms with Crippen LogP contribution in [0.2, 0.25) is 5.02 Å². The van der Waals surface area contributed by atoms with Crippen molar-refractivity contribution < 1.29 is 17.5 Å². The molecule has 2 aromatic carbocycles. The Morgan fingerprint density at radius 2 is 1.72 bits per heavy atom. The highest BCUT2D eigenvalue weighted by atomic mass is 35.5. The lowest BCUT2D eigenvalue weighted by Crippen LogP contribution is -2.15. The Hall–Kier alpha value is -3.73. The van der Waals surface area contributed by atoms with Crippen molar-refractivity contribution in [3.8, 4) is 23.6 Å². The van der Waals surface area contributed by atoms with Gasteiger partial charge in [0.1, 0.15) is 23.6 Å². The summed E-state index contributed by atoms with van der Waals surface area (Å²) in [5.41, 5.74) is 0.198. The molecule has 0 saturated carbocycles. The van der Waals surface area contributed by atoms with Gasteiger partial charge in [0.2, 0.25) is 5.95 Å². The van der Waals surface area contributed by atoms with Crippen LogP contribution in [0.15, 0.2) is 53.7 Å². The molecule has 144 valence electrons. The van der Waals surface area contributed by atoms with Crippen LogP contribution in [0.3, 0.4) is 0 Å². The van der Waals surface area contributed by atoms with E-state index in [9.17, 15) is 18.1 Å². The molecule has 0 unspecified atom stereocenters. The van der Waals surface area contributed by atoms with Crippen LogP contribution in [0.1, 0.15) is 11.1 Å². The first-order valence-corrected chi connectivity index (χ1v) is 9.60. The topological polar surface area (TPSA) is 129 Å². The quantitative estimate of drug-likeness (QED) is 0.655. The second-order valence-electron chi connectivity index (χ2n) is 5.46. The lowest BCUT2D eigenvalue weighted by Gasteiger charge is -2.11. The number of nitrogens with zero attached hydrogens (tertiary/aromatic N) is 4. The maximum Gasteiger partial charge on any atom is 0.264 e. The van der Waals surface area contributed by atoms with Gasteiger partial charge in [-0.3, -0.25) is 0 Å². The summed E-state index contributed by atoms with van der Waals surface area (Å²) >= 11 is 5.95. The van der Waals surface area contributed by atoms with Gasteiger partial charge in [0.05, 0.1) is 33.4 Å². The number of anilines is 1. The zero-order valence-corrected chi connectivity index (χ0v) is 15.9. The summed E-state index contributed by atoms with van der Waals surface area (Å²) < 4.78 is 45.4. The van der Waals surface area contributed by atoms with Crippen LogP contribution in [-0.4, -0.2) is 18.4 Å². The van der Waals surface area contributed by atoms with Crippen molar-refractivity contribution in [2.45, 2.75) is 4.90 Å². The molecule has 0 bridgehead atoms. The smallest absolute Gasteiger partial charge is 0.264 e. The molecule has 0 aliphatic rings. The molecule has 11 heteroatoms. The molecule has 0 atom stereocenters. The van der Waals surface area contributed by atoms with Gasteiger partial charge < -0.3 is 4.74 Å². The highest BCUT2D eigenvalue weighted by molar-refractivity contribution is 7.92. The molecule has 0 radical (unpaired) electrons. The van der Waals surface area contributed by atoms with Crippen LogP contribution >= 0.6 is 11.6 Å². The van der Waals surface area contributed by atoms with Gasteiger partial charge in [-0.15, -0.1) is 0 Å². The lowest BCUT2D eigenvalue weighted by atomic mass is 10.2. The molecular weight excluding hydrogens is 421 g/mol. The van der Waals surface area contributed by atoms with E-state index in [1.165, 1.54) is 30.3 Å².